The third-order valence-electron chi connectivity index (χ3n) is 1.99. The van der Waals surface area contributed by atoms with E-state index in [9.17, 15) is 5.11 Å². The molecule has 0 aromatic heterocycles. The van der Waals surface area contributed by atoms with Crippen LogP contribution in [0.15, 0.2) is 30.3 Å². The standard InChI is InChI=1S/C11H15BrO3/c12-10(11(14)6-13)8-15-7-9-4-2-1-3-5-9/h1-5,10-11,13-14H,6-8H2/t10-,11+/m1/s1. The molecule has 0 heterocycles. The van der Waals surface area contributed by atoms with Gasteiger partial charge >= 0.3 is 0 Å². The lowest BCUT2D eigenvalue weighted by Gasteiger charge is -2.14. The molecule has 1 aromatic rings. The van der Waals surface area contributed by atoms with Gasteiger partial charge < -0.3 is 14.9 Å². The SMILES string of the molecule is OC[C@H](O)[C@H](Br)COCc1ccccc1. The molecule has 2 N–H and O–H groups in total. The van der Waals surface area contributed by atoms with Gasteiger partial charge in [-0.15, -0.1) is 0 Å². The second-order valence-electron chi connectivity index (χ2n) is 3.27. The number of benzene rings is 1. The van der Waals surface area contributed by atoms with Gasteiger partial charge in [-0.25, -0.2) is 0 Å². The lowest BCUT2D eigenvalue weighted by atomic mass is 10.2. The quantitative estimate of drug-likeness (QED) is 0.770. The highest BCUT2D eigenvalue weighted by Gasteiger charge is 2.14. The van der Waals surface area contributed by atoms with E-state index in [1.54, 1.807) is 0 Å². The summed E-state index contributed by atoms with van der Waals surface area (Å²) in [6.07, 6.45) is -0.777. The molecule has 15 heavy (non-hydrogen) atoms. The van der Waals surface area contributed by atoms with Crippen LogP contribution in [0.4, 0.5) is 0 Å². The van der Waals surface area contributed by atoms with E-state index in [4.69, 9.17) is 9.84 Å². The fourth-order valence-electron chi connectivity index (χ4n) is 1.09. The van der Waals surface area contributed by atoms with Crippen molar-refractivity contribution >= 4 is 15.9 Å². The summed E-state index contributed by atoms with van der Waals surface area (Å²) in [6, 6.07) is 9.81. The van der Waals surface area contributed by atoms with Crippen molar-refractivity contribution < 1.29 is 14.9 Å². The summed E-state index contributed by atoms with van der Waals surface area (Å²) in [5, 5.41) is 17.9. The average Bonchev–Trinajstić information content (AvgIpc) is 2.29. The van der Waals surface area contributed by atoms with Crippen LogP contribution in [-0.2, 0) is 11.3 Å². The van der Waals surface area contributed by atoms with Gasteiger partial charge in [-0.3, -0.25) is 0 Å². The summed E-state index contributed by atoms with van der Waals surface area (Å²) in [4.78, 5) is -0.230. The molecule has 3 nitrogen and oxygen atoms in total. The fraction of sp³-hybridized carbons (Fsp3) is 0.455. The molecule has 84 valence electrons. The maximum absolute atomic E-state index is 9.25. The van der Waals surface area contributed by atoms with E-state index < -0.39 is 6.10 Å². The molecule has 0 radical (unpaired) electrons. The van der Waals surface area contributed by atoms with Gasteiger partial charge in [-0.05, 0) is 5.56 Å². The van der Waals surface area contributed by atoms with E-state index >= 15 is 0 Å². The first-order valence-electron chi connectivity index (χ1n) is 4.78. The Labute approximate surface area is 97.8 Å². The molecule has 0 aliphatic carbocycles. The van der Waals surface area contributed by atoms with Gasteiger partial charge in [0.05, 0.1) is 30.8 Å². The van der Waals surface area contributed by atoms with Crippen LogP contribution in [0, 0.1) is 0 Å². The van der Waals surface area contributed by atoms with Crippen molar-refractivity contribution in [3.8, 4) is 0 Å². The first kappa shape index (κ1) is 12.6. The summed E-state index contributed by atoms with van der Waals surface area (Å²) in [6.45, 7) is 0.627. The van der Waals surface area contributed by atoms with Gasteiger partial charge in [0.15, 0.2) is 0 Å². The second-order valence-corrected chi connectivity index (χ2v) is 4.44. The number of alkyl halides is 1. The molecule has 0 saturated heterocycles. The number of ether oxygens (including phenoxy) is 1. The highest BCUT2D eigenvalue weighted by molar-refractivity contribution is 9.09. The Kier molecular flexibility index (Phi) is 5.86. The normalized spacial score (nSPS) is 14.9. The van der Waals surface area contributed by atoms with Crippen molar-refractivity contribution in [2.24, 2.45) is 0 Å². The van der Waals surface area contributed by atoms with Crippen LogP contribution >= 0.6 is 15.9 Å². The molecule has 0 amide bonds. The largest absolute Gasteiger partial charge is 0.394 e. The molecular formula is C11H15BrO3. The maximum atomic E-state index is 9.25. The Morgan fingerprint density at radius 1 is 1.27 bits per heavy atom. The van der Waals surface area contributed by atoms with E-state index in [1.807, 2.05) is 30.3 Å². The van der Waals surface area contributed by atoms with Gasteiger partial charge in [0.2, 0.25) is 0 Å². The molecule has 0 aliphatic rings. The van der Waals surface area contributed by atoms with Crippen LogP contribution in [0.25, 0.3) is 0 Å². The molecule has 0 spiro atoms. The van der Waals surface area contributed by atoms with Crippen molar-refractivity contribution in [1.29, 1.82) is 0 Å². The summed E-state index contributed by atoms with van der Waals surface area (Å²) < 4.78 is 5.39. The number of halogens is 1. The average molecular weight is 275 g/mol. The first-order chi connectivity index (χ1) is 7.24. The Morgan fingerprint density at radius 2 is 1.93 bits per heavy atom. The van der Waals surface area contributed by atoms with Gasteiger partial charge in [-0.2, -0.15) is 0 Å². The topological polar surface area (TPSA) is 49.7 Å². The monoisotopic (exact) mass is 274 g/mol. The Morgan fingerprint density at radius 3 is 2.53 bits per heavy atom. The molecule has 0 unspecified atom stereocenters. The molecule has 1 rings (SSSR count). The molecule has 0 aliphatic heterocycles. The van der Waals surface area contributed by atoms with Crippen LogP contribution in [0.5, 0.6) is 0 Å². The number of rotatable bonds is 6. The Balaban J connectivity index is 2.22. The Bertz CT molecular complexity index is 266. The predicted molar refractivity (Wildman–Crippen MR) is 61.9 cm³/mol. The number of hydrogen-bond donors (Lipinski definition) is 2. The van der Waals surface area contributed by atoms with Crippen molar-refractivity contribution in [2.75, 3.05) is 13.2 Å². The Hall–Kier alpha value is -0.420. The van der Waals surface area contributed by atoms with E-state index in [2.05, 4.69) is 15.9 Å². The second kappa shape index (κ2) is 6.95. The van der Waals surface area contributed by atoms with Crippen LogP contribution in [0.1, 0.15) is 5.56 Å². The van der Waals surface area contributed by atoms with Crippen LogP contribution < -0.4 is 0 Å². The van der Waals surface area contributed by atoms with Crippen molar-refractivity contribution in [3.63, 3.8) is 0 Å². The van der Waals surface area contributed by atoms with Crippen molar-refractivity contribution in [1.82, 2.24) is 0 Å². The molecule has 0 bridgehead atoms. The zero-order valence-corrected chi connectivity index (χ0v) is 9.93. The van der Waals surface area contributed by atoms with E-state index in [0.717, 1.165) is 5.56 Å². The molecular weight excluding hydrogens is 260 g/mol. The lowest BCUT2D eigenvalue weighted by molar-refractivity contribution is 0.0513. The zero-order chi connectivity index (χ0) is 11.1. The zero-order valence-electron chi connectivity index (χ0n) is 8.34. The van der Waals surface area contributed by atoms with Crippen LogP contribution in [0.3, 0.4) is 0 Å². The molecule has 4 heteroatoms. The van der Waals surface area contributed by atoms with Gasteiger partial charge in [0.1, 0.15) is 0 Å². The minimum Gasteiger partial charge on any atom is -0.394 e. The minimum absolute atomic E-state index is 0.230. The smallest absolute Gasteiger partial charge is 0.0917 e. The molecule has 1 aromatic carbocycles. The minimum atomic E-state index is -0.777. The maximum Gasteiger partial charge on any atom is 0.0917 e. The highest BCUT2D eigenvalue weighted by Crippen LogP contribution is 2.08. The molecule has 0 saturated carbocycles. The molecule has 0 fully saturated rings. The summed E-state index contributed by atoms with van der Waals surface area (Å²) >= 11 is 3.24. The third-order valence-corrected chi connectivity index (χ3v) is 2.87. The first-order valence-corrected chi connectivity index (χ1v) is 5.70. The highest BCUT2D eigenvalue weighted by atomic mass is 79.9. The predicted octanol–water partition coefficient (Wildman–Crippen LogP) is 1.32. The fourth-order valence-corrected chi connectivity index (χ4v) is 1.44. The van der Waals surface area contributed by atoms with Crippen molar-refractivity contribution in [3.05, 3.63) is 35.9 Å². The van der Waals surface area contributed by atoms with Gasteiger partial charge in [0, 0.05) is 0 Å². The third kappa shape index (κ3) is 4.75. The summed E-state index contributed by atoms with van der Waals surface area (Å²) in [5.41, 5.74) is 1.09. The van der Waals surface area contributed by atoms with Gasteiger partial charge in [0.25, 0.3) is 0 Å². The van der Waals surface area contributed by atoms with Crippen molar-refractivity contribution in [2.45, 2.75) is 17.5 Å². The molecule has 2 atom stereocenters. The van der Waals surface area contributed by atoms with Gasteiger partial charge in [-0.1, -0.05) is 46.3 Å². The van der Waals surface area contributed by atoms with E-state index in [1.165, 1.54) is 0 Å². The van der Waals surface area contributed by atoms with E-state index in [0.29, 0.717) is 13.2 Å². The van der Waals surface area contributed by atoms with Crippen LogP contribution in [0.2, 0.25) is 0 Å². The van der Waals surface area contributed by atoms with E-state index in [-0.39, 0.29) is 11.4 Å². The van der Waals surface area contributed by atoms with Crippen LogP contribution in [-0.4, -0.2) is 34.4 Å². The number of aliphatic hydroxyl groups excluding tert-OH is 2. The number of aliphatic hydroxyl groups is 2. The summed E-state index contributed by atoms with van der Waals surface area (Å²) in [7, 11) is 0. The summed E-state index contributed by atoms with van der Waals surface area (Å²) in [5.74, 6) is 0. The lowest BCUT2D eigenvalue weighted by Crippen LogP contribution is -2.28. The number of hydrogen-bond acceptors (Lipinski definition) is 3.